The van der Waals surface area contributed by atoms with Crippen molar-refractivity contribution in [2.75, 3.05) is 6.61 Å². The maximum Gasteiger partial charge on any atom is 0.293 e. The van der Waals surface area contributed by atoms with Gasteiger partial charge in [0.1, 0.15) is 0 Å². The fourth-order valence-corrected chi connectivity index (χ4v) is 1.37. The van der Waals surface area contributed by atoms with Crippen LogP contribution in [0.1, 0.15) is 30.1 Å². The van der Waals surface area contributed by atoms with Gasteiger partial charge >= 0.3 is 0 Å². The first-order chi connectivity index (χ1) is 7.57. The number of hydrogen-bond donors (Lipinski definition) is 0. The molecule has 1 rings (SSSR count). The van der Waals surface area contributed by atoms with Crippen LogP contribution in [0.5, 0.6) is 5.75 Å². The van der Waals surface area contributed by atoms with Gasteiger partial charge in [-0.25, -0.2) is 0 Å². The number of carbonyl (C=O) groups is 1. The minimum atomic E-state index is -0.677. The van der Waals surface area contributed by atoms with Crippen molar-refractivity contribution in [1.82, 2.24) is 4.57 Å². The first kappa shape index (κ1) is 12.8. The summed E-state index contributed by atoms with van der Waals surface area (Å²) in [5.74, 6) is 0.0402. The Bertz CT molecular complexity index is 439. The molecule has 1 aromatic heterocycles. The second-order valence-electron chi connectivity index (χ2n) is 3.45. The zero-order valence-electron chi connectivity index (χ0n) is 9.33. The Balaban J connectivity index is 3.06. The average Bonchev–Trinajstić information content (AvgIpc) is 2.24. The number of hydrogen-bond acceptors (Lipinski definition) is 3. The predicted octanol–water partition coefficient (Wildman–Crippen LogP) is 1.94. The van der Waals surface area contributed by atoms with Crippen molar-refractivity contribution in [3.8, 4) is 5.75 Å². The molecule has 1 aromatic rings. The van der Waals surface area contributed by atoms with Crippen LogP contribution >= 0.6 is 11.6 Å². The summed E-state index contributed by atoms with van der Waals surface area (Å²) in [6.45, 7) is 2.42. The Kier molecular flexibility index (Phi) is 4.55. The number of halogens is 1. The molecular weight excluding hydrogens is 230 g/mol. The summed E-state index contributed by atoms with van der Waals surface area (Å²) in [6, 6.07) is 1.48. The lowest BCUT2D eigenvalue weighted by Crippen LogP contribution is -2.21. The van der Waals surface area contributed by atoms with Crippen molar-refractivity contribution in [2.24, 2.45) is 7.05 Å². The van der Waals surface area contributed by atoms with E-state index in [2.05, 4.69) is 0 Å². The molecule has 0 radical (unpaired) electrons. The molecule has 0 unspecified atom stereocenters. The smallest absolute Gasteiger partial charge is 0.293 e. The minimum absolute atomic E-state index is 0.0402. The van der Waals surface area contributed by atoms with E-state index in [1.807, 2.05) is 6.92 Å². The number of nitrogens with zero attached hydrogens (tertiary/aromatic N) is 1. The SMILES string of the molecule is CCCCOc1c(C(=O)Cl)ccn(C)c1=O. The zero-order chi connectivity index (χ0) is 12.1. The molecule has 0 aliphatic rings. The van der Waals surface area contributed by atoms with E-state index in [1.54, 1.807) is 7.05 Å². The number of aromatic nitrogens is 1. The number of pyridine rings is 1. The van der Waals surface area contributed by atoms with Crippen LogP contribution in [0.25, 0.3) is 0 Å². The molecule has 0 fully saturated rings. The highest BCUT2D eigenvalue weighted by Crippen LogP contribution is 2.15. The van der Waals surface area contributed by atoms with Gasteiger partial charge < -0.3 is 9.30 Å². The zero-order valence-corrected chi connectivity index (χ0v) is 10.1. The molecule has 0 bridgehead atoms. The fraction of sp³-hybridized carbons (Fsp3) is 0.455. The summed E-state index contributed by atoms with van der Waals surface area (Å²) in [4.78, 5) is 22.8. The Hall–Kier alpha value is -1.29. The van der Waals surface area contributed by atoms with E-state index < -0.39 is 5.24 Å². The largest absolute Gasteiger partial charge is 0.487 e. The van der Waals surface area contributed by atoms with Gasteiger partial charge in [-0.15, -0.1) is 0 Å². The normalized spacial score (nSPS) is 10.2. The second kappa shape index (κ2) is 5.70. The van der Waals surface area contributed by atoms with E-state index in [9.17, 15) is 9.59 Å². The molecule has 0 atom stereocenters. The van der Waals surface area contributed by atoms with Gasteiger partial charge in [-0.1, -0.05) is 13.3 Å². The Morgan fingerprint density at radius 2 is 2.25 bits per heavy atom. The minimum Gasteiger partial charge on any atom is -0.487 e. The number of unbranched alkanes of at least 4 members (excludes halogenated alkanes) is 1. The molecule has 0 spiro atoms. The summed E-state index contributed by atoms with van der Waals surface area (Å²) >= 11 is 5.38. The van der Waals surface area contributed by atoms with E-state index in [4.69, 9.17) is 16.3 Å². The summed E-state index contributed by atoms with van der Waals surface area (Å²) in [5.41, 5.74) is -0.219. The number of ether oxygens (including phenoxy) is 1. The van der Waals surface area contributed by atoms with Crippen molar-refractivity contribution in [3.63, 3.8) is 0 Å². The molecule has 0 saturated carbocycles. The van der Waals surface area contributed by atoms with Gasteiger partial charge in [0.15, 0.2) is 5.75 Å². The highest BCUT2D eigenvalue weighted by molar-refractivity contribution is 6.68. The third-order valence-electron chi connectivity index (χ3n) is 2.18. The van der Waals surface area contributed by atoms with Crippen LogP contribution in [0.3, 0.4) is 0 Å². The molecule has 0 amide bonds. The maximum atomic E-state index is 11.7. The summed E-state index contributed by atoms with van der Waals surface area (Å²) < 4.78 is 6.66. The molecule has 88 valence electrons. The molecule has 16 heavy (non-hydrogen) atoms. The van der Waals surface area contributed by atoms with E-state index in [-0.39, 0.29) is 16.9 Å². The van der Waals surface area contributed by atoms with Gasteiger partial charge in [0.05, 0.1) is 12.2 Å². The van der Waals surface area contributed by atoms with Crippen LogP contribution in [0.2, 0.25) is 0 Å². The average molecular weight is 244 g/mol. The lowest BCUT2D eigenvalue weighted by Gasteiger charge is -2.09. The van der Waals surface area contributed by atoms with Gasteiger partial charge in [0.25, 0.3) is 10.8 Å². The fourth-order valence-electron chi connectivity index (χ4n) is 1.22. The van der Waals surface area contributed by atoms with Gasteiger partial charge in [0.2, 0.25) is 0 Å². The lowest BCUT2D eigenvalue weighted by molar-refractivity contribution is 0.107. The molecule has 0 saturated heterocycles. The summed E-state index contributed by atoms with van der Waals surface area (Å²) in [7, 11) is 1.59. The van der Waals surface area contributed by atoms with Gasteiger partial charge in [-0.3, -0.25) is 9.59 Å². The van der Waals surface area contributed by atoms with Gasteiger partial charge in [-0.05, 0) is 24.1 Å². The topological polar surface area (TPSA) is 48.3 Å². The number of rotatable bonds is 5. The Labute approximate surface area is 98.8 Å². The standard InChI is InChI=1S/C11H14ClNO3/c1-3-4-7-16-9-8(10(12)14)5-6-13(2)11(9)15/h5-6H,3-4,7H2,1-2H3. The molecule has 0 aromatic carbocycles. The van der Waals surface area contributed by atoms with Crippen molar-refractivity contribution < 1.29 is 9.53 Å². The van der Waals surface area contributed by atoms with Crippen LogP contribution in [0.4, 0.5) is 0 Å². The van der Waals surface area contributed by atoms with Crippen LogP contribution < -0.4 is 10.3 Å². The monoisotopic (exact) mass is 243 g/mol. The summed E-state index contributed by atoms with van der Waals surface area (Å²) in [5, 5.41) is -0.677. The third kappa shape index (κ3) is 2.85. The Morgan fingerprint density at radius 1 is 1.56 bits per heavy atom. The summed E-state index contributed by atoms with van der Waals surface area (Å²) in [6.07, 6.45) is 3.27. The molecule has 4 nitrogen and oxygen atoms in total. The quantitative estimate of drug-likeness (QED) is 0.587. The van der Waals surface area contributed by atoms with E-state index in [1.165, 1.54) is 16.8 Å². The number of aryl methyl sites for hydroxylation is 1. The molecule has 5 heteroatoms. The van der Waals surface area contributed by atoms with Crippen LogP contribution in [-0.2, 0) is 7.05 Å². The van der Waals surface area contributed by atoms with Gasteiger partial charge in [-0.2, -0.15) is 0 Å². The molecule has 1 heterocycles. The van der Waals surface area contributed by atoms with E-state index >= 15 is 0 Å². The predicted molar refractivity (Wildman–Crippen MR) is 62.3 cm³/mol. The van der Waals surface area contributed by atoms with Crippen LogP contribution in [0.15, 0.2) is 17.1 Å². The van der Waals surface area contributed by atoms with Gasteiger partial charge in [0, 0.05) is 13.2 Å². The van der Waals surface area contributed by atoms with Crippen molar-refractivity contribution in [1.29, 1.82) is 0 Å². The van der Waals surface area contributed by atoms with Crippen LogP contribution in [0, 0.1) is 0 Å². The molecule has 0 aliphatic carbocycles. The first-order valence-corrected chi connectivity index (χ1v) is 5.48. The highest BCUT2D eigenvalue weighted by Gasteiger charge is 2.14. The molecule has 0 N–H and O–H groups in total. The number of carbonyl (C=O) groups excluding carboxylic acids is 1. The highest BCUT2D eigenvalue weighted by atomic mass is 35.5. The molecular formula is C11H14ClNO3. The van der Waals surface area contributed by atoms with Crippen molar-refractivity contribution >= 4 is 16.8 Å². The second-order valence-corrected chi connectivity index (χ2v) is 3.79. The maximum absolute atomic E-state index is 11.7. The molecule has 0 aliphatic heterocycles. The van der Waals surface area contributed by atoms with Crippen LogP contribution in [-0.4, -0.2) is 16.4 Å². The van der Waals surface area contributed by atoms with E-state index in [0.717, 1.165) is 12.8 Å². The lowest BCUT2D eigenvalue weighted by atomic mass is 10.2. The Morgan fingerprint density at radius 3 is 2.81 bits per heavy atom. The van der Waals surface area contributed by atoms with Crippen molar-refractivity contribution in [3.05, 3.63) is 28.2 Å². The third-order valence-corrected chi connectivity index (χ3v) is 2.38. The van der Waals surface area contributed by atoms with Crippen molar-refractivity contribution in [2.45, 2.75) is 19.8 Å². The first-order valence-electron chi connectivity index (χ1n) is 5.10. The van der Waals surface area contributed by atoms with E-state index in [0.29, 0.717) is 6.61 Å².